The third-order valence-corrected chi connectivity index (χ3v) is 2.54. The average Bonchev–Trinajstić information content (AvgIpc) is 2.02. The summed E-state index contributed by atoms with van der Waals surface area (Å²) in [5.41, 5.74) is 0. The van der Waals surface area contributed by atoms with Crippen molar-refractivity contribution in [2.24, 2.45) is 0 Å². The molecule has 90 valence electrons. The summed E-state index contributed by atoms with van der Waals surface area (Å²) < 4.78 is 58.8. The summed E-state index contributed by atoms with van der Waals surface area (Å²) in [5, 5.41) is 0. The van der Waals surface area contributed by atoms with Gasteiger partial charge in [-0.15, -0.1) is 0 Å². The van der Waals surface area contributed by atoms with E-state index >= 15 is 0 Å². The number of phosphoric ester groups is 1. The molecule has 9 heteroatoms. The molecule has 0 N–H and O–H groups in total. The zero-order valence-electron chi connectivity index (χ0n) is 8.04. The van der Waals surface area contributed by atoms with Crippen LogP contribution in [0, 0.1) is 0 Å². The molecule has 0 aromatic heterocycles. The minimum atomic E-state index is -5.23. The van der Waals surface area contributed by atoms with Crippen LogP contribution in [0.4, 0.5) is 13.2 Å². The number of hydrogen-bond acceptors (Lipinski definition) is 5. The first-order valence-electron chi connectivity index (χ1n) is 3.95. The van der Waals surface area contributed by atoms with Crippen molar-refractivity contribution in [1.82, 2.24) is 0 Å². The number of halogens is 3. The fraction of sp³-hybridized carbons (Fsp3) is 0.833. The molecule has 0 saturated carbocycles. The maximum atomic E-state index is 11.8. The van der Waals surface area contributed by atoms with Crippen molar-refractivity contribution >= 4 is 13.8 Å². The molecule has 0 saturated heterocycles. The Morgan fingerprint density at radius 3 is 1.87 bits per heavy atom. The van der Waals surface area contributed by atoms with Crippen LogP contribution in [-0.2, 0) is 22.9 Å². The Morgan fingerprint density at radius 1 is 1.20 bits per heavy atom. The molecule has 0 rings (SSSR count). The molecule has 0 heterocycles. The lowest BCUT2D eigenvalue weighted by Gasteiger charge is -2.16. The van der Waals surface area contributed by atoms with Crippen molar-refractivity contribution in [3.63, 3.8) is 0 Å². The highest BCUT2D eigenvalue weighted by Crippen LogP contribution is 2.50. The number of carbonyl (C=O) groups is 1. The molecule has 15 heavy (non-hydrogen) atoms. The second kappa shape index (κ2) is 5.48. The Labute approximate surface area is 84.1 Å². The first kappa shape index (κ1) is 14.4. The number of alkyl halides is 3. The van der Waals surface area contributed by atoms with E-state index in [1.54, 1.807) is 0 Å². The molecule has 0 aromatic carbocycles. The van der Waals surface area contributed by atoms with Crippen LogP contribution in [0.5, 0.6) is 0 Å². The summed E-state index contributed by atoms with van der Waals surface area (Å²) in [6.07, 6.45) is -5.23. The van der Waals surface area contributed by atoms with Crippen LogP contribution in [0.15, 0.2) is 0 Å². The third-order valence-electron chi connectivity index (χ3n) is 1.00. The molecule has 0 amide bonds. The van der Waals surface area contributed by atoms with Gasteiger partial charge in [-0.2, -0.15) is 13.2 Å². The summed E-state index contributed by atoms with van der Waals surface area (Å²) >= 11 is 0. The van der Waals surface area contributed by atoms with Crippen LogP contribution in [0.25, 0.3) is 0 Å². The Balaban J connectivity index is 4.55. The van der Waals surface area contributed by atoms with Gasteiger partial charge in [0.05, 0.1) is 13.2 Å². The Kier molecular flexibility index (Phi) is 5.27. The van der Waals surface area contributed by atoms with Crippen LogP contribution in [0.2, 0.25) is 0 Å². The topological polar surface area (TPSA) is 61.8 Å². The monoisotopic (exact) mass is 250 g/mol. The molecule has 0 atom stereocenters. The van der Waals surface area contributed by atoms with Crippen molar-refractivity contribution in [3.8, 4) is 0 Å². The van der Waals surface area contributed by atoms with Crippen molar-refractivity contribution < 1.29 is 36.1 Å². The van der Waals surface area contributed by atoms with Gasteiger partial charge in [0, 0.05) is 0 Å². The standard InChI is InChI=1S/C6H10F3O5P/c1-3-12-15(11,13-4-2)14-5(10)6(7,8)9/h3-4H2,1-2H3. The van der Waals surface area contributed by atoms with E-state index in [1.165, 1.54) is 13.8 Å². The lowest BCUT2D eigenvalue weighted by molar-refractivity contribution is -0.191. The highest BCUT2D eigenvalue weighted by atomic mass is 31.2. The maximum Gasteiger partial charge on any atom is 0.532 e. The van der Waals surface area contributed by atoms with Crippen LogP contribution in [-0.4, -0.2) is 25.4 Å². The van der Waals surface area contributed by atoms with Crippen LogP contribution >= 0.6 is 7.82 Å². The minimum Gasteiger partial charge on any atom is -0.364 e. The highest BCUT2D eigenvalue weighted by Gasteiger charge is 2.46. The van der Waals surface area contributed by atoms with E-state index in [4.69, 9.17) is 0 Å². The number of hydrogen-bond donors (Lipinski definition) is 0. The maximum absolute atomic E-state index is 11.8. The average molecular weight is 250 g/mol. The fourth-order valence-corrected chi connectivity index (χ4v) is 1.68. The van der Waals surface area contributed by atoms with Gasteiger partial charge in [0.25, 0.3) is 0 Å². The summed E-state index contributed by atoms with van der Waals surface area (Å²) in [5.74, 6) is -2.60. The molecule has 5 nitrogen and oxygen atoms in total. The SMILES string of the molecule is CCOP(=O)(OCC)OC(=O)C(F)(F)F. The number of phosphoric acid groups is 1. The summed E-state index contributed by atoms with van der Waals surface area (Å²) in [6.45, 7) is 2.32. The molecular weight excluding hydrogens is 240 g/mol. The molecule has 0 aliphatic heterocycles. The summed E-state index contributed by atoms with van der Waals surface area (Å²) in [7, 11) is -4.44. The lowest BCUT2D eigenvalue weighted by atomic mass is 10.7. The molecule has 0 aliphatic carbocycles. The van der Waals surface area contributed by atoms with Gasteiger partial charge in [-0.25, -0.2) is 9.36 Å². The Hall–Kier alpha value is -0.590. The van der Waals surface area contributed by atoms with Gasteiger partial charge in [0.1, 0.15) is 0 Å². The van der Waals surface area contributed by atoms with E-state index in [0.717, 1.165) is 0 Å². The van der Waals surface area contributed by atoms with E-state index in [-0.39, 0.29) is 13.2 Å². The van der Waals surface area contributed by atoms with Gasteiger partial charge in [0.15, 0.2) is 0 Å². The number of carbonyl (C=O) groups excluding carboxylic acids is 1. The summed E-state index contributed by atoms with van der Waals surface area (Å²) in [4.78, 5) is 10.4. The first-order chi connectivity index (χ1) is 6.75. The normalized spacial score (nSPS) is 12.6. The molecule has 0 bridgehead atoms. The van der Waals surface area contributed by atoms with Crippen LogP contribution < -0.4 is 0 Å². The molecule has 0 aromatic rings. The second-order valence-corrected chi connectivity index (χ2v) is 3.75. The molecule has 0 aliphatic rings. The van der Waals surface area contributed by atoms with Crippen molar-refractivity contribution in [3.05, 3.63) is 0 Å². The van der Waals surface area contributed by atoms with E-state index in [9.17, 15) is 22.5 Å². The predicted molar refractivity (Wildman–Crippen MR) is 43.0 cm³/mol. The van der Waals surface area contributed by atoms with Gasteiger partial charge in [-0.3, -0.25) is 9.05 Å². The zero-order chi connectivity index (χ0) is 12.1. The van der Waals surface area contributed by atoms with Gasteiger partial charge in [0.2, 0.25) is 0 Å². The van der Waals surface area contributed by atoms with Crippen molar-refractivity contribution in [1.29, 1.82) is 0 Å². The zero-order valence-corrected chi connectivity index (χ0v) is 8.93. The Bertz CT molecular complexity index is 254. The summed E-state index contributed by atoms with van der Waals surface area (Å²) in [6, 6.07) is 0. The first-order valence-corrected chi connectivity index (χ1v) is 5.41. The quantitative estimate of drug-likeness (QED) is 0.700. The van der Waals surface area contributed by atoms with E-state index in [2.05, 4.69) is 13.6 Å². The van der Waals surface area contributed by atoms with Crippen LogP contribution in [0.1, 0.15) is 13.8 Å². The minimum absolute atomic E-state index is 0.206. The lowest BCUT2D eigenvalue weighted by Crippen LogP contribution is -2.25. The van der Waals surface area contributed by atoms with E-state index in [1.807, 2.05) is 0 Å². The smallest absolute Gasteiger partial charge is 0.364 e. The molecule has 0 radical (unpaired) electrons. The van der Waals surface area contributed by atoms with Gasteiger partial charge in [-0.1, -0.05) is 0 Å². The number of rotatable bonds is 5. The predicted octanol–water partition coefficient (Wildman–Crippen LogP) is 2.27. The van der Waals surface area contributed by atoms with E-state index in [0.29, 0.717) is 0 Å². The Morgan fingerprint density at radius 2 is 1.60 bits per heavy atom. The molecular formula is C6H10F3O5P. The van der Waals surface area contributed by atoms with Gasteiger partial charge in [-0.05, 0) is 13.8 Å². The van der Waals surface area contributed by atoms with Crippen molar-refractivity contribution in [2.45, 2.75) is 20.0 Å². The molecule has 0 spiro atoms. The fourth-order valence-electron chi connectivity index (χ4n) is 0.560. The largest absolute Gasteiger partial charge is 0.532 e. The van der Waals surface area contributed by atoms with Gasteiger partial charge >= 0.3 is 20.0 Å². The highest BCUT2D eigenvalue weighted by molar-refractivity contribution is 7.49. The molecule has 0 unspecified atom stereocenters. The van der Waals surface area contributed by atoms with Gasteiger partial charge < -0.3 is 4.52 Å². The van der Waals surface area contributed by atoms with E-state index < -0.39 is 20.0 Å². The van der Waals surface area contributed by atoms with Crippen LogP contribution in [0.3, 0.4) is 0 Å². The molecule has 0 fully saturated rings. The second-order valence-electron chi connectivity index (χ2n) is 2.16. The third kappa shape index (κ3) is 5.15. The van der Waals surface area contributed by atoms with Crippen molar-refractivity contribution in [2.75, 3.05) is 13.2 Å².